The molecule has 0 atom stereocenters. The Morgan fingerprint density at radius 2 is 2.24 bits per heavy atom. The van der Waals surface area contributed by atoms with Gasteiger partial charge >= 0.3 is 0 Å². The van der Waals surface area contributed by atoms with Crippen LogP contribution in [0.1, 0.15) is 19.8 Å². The van der Waals surface area contributed by atoms with Gasteiger partial charge in [0.2, 0.25) is 0 Å². The quantitative estimate of drug-likeness (QED) is 0.866. The van der Waals surface area contributed by atoms with Gasteiger partial charge in [-0.3, -0.25) is 0 Å². The molecule has 0 aromatic carbocycles. The lowest BCUT2D eigenvalue weighted by atomic mass is 10.0. The Hall–Kier alpha value is -0.320. The fraction of sp³-hybridized carbons (Fsp3) is 0.583. The van der Waals surface area contributed by atoms with Gasteiger partial charge in [-0.1, -0.05) is 18.5 Å². The second-order valence-corrected chi connectivity index (χ2v) is 5.56. The van der Waals surface area contributed by atoms with Crippen molar-refractivity contribution in [2.24, 2.45) is 0 Å². The Kier molecular flexibility index (Phi) is 4.65. The fourth-order valence-electron chi connectivity index (χ4n) is 2.13. The van der Waals surface area contributed by atoms with Crippen molar-refractivity contribution in [2.75, 3.05) is 25.0 Å². The van der Waals surface area contributed by atoms with Crippen LogP contribution in [0, 0.1) is 0 Å². The number of piperidine rings is 1. The molecule has 1 aliphatic heterocycles. The van der Waals surface area contributed by atoms with Crippen LogP contribution >= 0.6 is 27.5 Å². The normalized spacial score (nSPS) is 18.3. The van der Waals surface area contributed by atoms with Gasteiger partial charge in [0.1, 0.15) is 5.15 Å². The van der Waals surface area contributed by atoms with Gasteiger partial charge < -0.3 is 10.2 Å². The van der Waals surface area contributed by atoms with Crippen molar-refractivity contribution in [3.05, 3.63) is 21.9 Å². The van der Waals surface area contributed by atoms with Gasteiger partial charge in [-0.05, 0) is 41.4 Å². The smallest absolute Gasteiger partial charge is 0.143 e. The number of halogens is 2. The summed E-state index contributed by atoms with van der Waals surface area (Å²) in [5.41, 5.74) is 1.04. The van der Waals surface area contributed by atoms with Crippen molar-refractivity contribution >= 4 is 33.2 Å². The maximum atomic E-state index is 5.87. The molecular weight excluding hydrogens is 302 g/mol. The summed E-state index contributed by atoms with van der Waals surface area (Å²) in [6.07, 6.45) is 4.17. The molecule has 1 N–H and O–H groups in total. The van der Waals surface area contributed by atoms with E-state index in [1.54, 1.807) is 6.20 Å². The van der Waals surface area contributed by atoms with Crippen molar-refractivity contribution in [3.63, 3.8) is 0 Å². The van der Waals surface area contributed by atoms with Crippen LogP contribution in [-0.2, 0) is 0 Å². The Bertz CT molecular complexity index is 378. The highest BCUT2D eigenvalue weighted by Gasteiger charge is 2.17. The molecule has 3 nitrogen and oxygen atoms in total. The predicted molar refractivity (Wildman–Crippen MR) is 75.7 cm³/mol. The zero-order valence-electron chi connectivity index (χ0n) is 9.92. The first-order valence-electron chi connectivity index (χ1n) is 5.99. The molecule has 0 aliphatic carbocycles. The number of rotatable bonds is 3. The second-order valence-electron chi connectivity index (χ2n) is 4.35. The molecule has 1 saturated heterocycles. The minimum atomic E-state index is 0.511. The van der Waals surface area contributed by atoms with Crippen molar-refractivity contribution < 1.29 is 0 Å². The van der Waals surface area contributed by atoms with Gasteiger partial charge in [0.25, 0.3) is 0 Å². The first-order valence-corrected chi connectivity index (χ1v) is 7.16. The van der Waals surface area contributed by atoms with E-state index in [0.29, 0.717) is 11.2 Å². The first kappa shape index (κ1) is 13.1. The summed E-state index contributed by atoms with van der Waals surface area (Å²) in [5, 5.41) is 4.03. The summed E-state index contributed by atoms with van der Waals surface area (Å²) in [6.45, 7) is 5.72. The van der Waals surface area contributed by atoms with E-state index in [4.69, 9.17) is 11.6 Å². The van der Waals surface area contributed by atoms with E-state index in [-0.39, 0.29) is 0 Å². The van der Waals surface area contributed by atoms with E-state index in [9.17, 15) is 0 Å². The minimum Gasteiger partial charge on any atom is -0.381 e. The molecule has 1 aromatic rings. The molecule has 5 heteroatoms. The monoisotopic (exact) mass is 317 g/mol. The van der Waals surface area contributed by atoms with E-state index in [2.05, 4.69) is 38.1 Å². The summed E-state index contributed by atoms with van der Waals surface area (Å²) in [4.78, 5) is 6.60. The van der Waals surface area contributed by atoms with Crippen LogP contribution in [0.4, 0.5) is 5.69 Å². The average molecular weight is 319 g/mol. The van der Waals surface area contributed by atoms with Crippen LogP contribution in [0.5, 0.6) is 0 Å². The van der Waals surface area contributed by atoms with Crippen LogP contribution in [0.15, 0.2) is 16.7 Å². The number of likely N-dealkylation sites (tertiary alicyclic amines) is 1. The highest BCUT2D eigenvalue weighted by atomic mass is 79.9. The zero-order valence-corrected chi connectivity index (χ0v) is 12.3. The Morgan fingerprint density at radius 3 is 2.82 bits per heavy atom. The van der Waals surface area contributed by atoms with Crippen LogP contribution in [0.2, 0.25) is 5.15 Å². The molecule has 17 heavy (non-hydrogen) atoms. The van der Waals surface area contributed by atoms with E-state index >= 15 is 0 Å². The molecule has 94 valence electrons. The van der Waals surface area contributed by atoms with Gasteiger partial charge in [0.15, 0.2) is 0 Å². The van der Waals surface area contributed by atoms with Gasteiger partial charge in [0.05, 0.1) is 16.4 Å². The van der Waals surface area contributed by atoms with Gasteiger partial charge in [0, 0.05) is 19.1 Å². The third-order valence-corrected chi connectivity index (χ3v) is 4.34. The molecule has 0 radical (unpaired) electrons. The third kappa shape index (κ3) is 3.57. The highest BCUT2D eigenvalue weighted by molar-refractivity contribution is 9.10. The maximum absolute atomic E-state index is 5.87. The number of pyridine rings is 1. The third-order valence-electron chi connectivity index (χ3n) is 3.20. The number of nitrogens with zero attached hydrogens (tertiary/aromatic N) is 2. The molecule has 1 fully saturated rings. The van der Waals surface area contributed by atoms with E-state index in [1.807, 2.05) is 6.07 Å². The Morgan fingerprint density at radius 1 is 1.53 bits per heavy atom. The zero-order chi connectivity index (χ0) is 12.3. The van der Waals surface area contributed by atoms with Crippen molar-refractivity contribution in [3.8, 4) is 0 Å². The van der Waals surface area contributed by atoms with Crippen molar-refractivity contribution in [2.45, 2.75) is 25.8 Å². The lowest BCUT2D eigenvalue weighted by Gasteiger charge is -2.31. The summed E-state index contributed by atoms with van der Waals surface area (Å²) in [6, 6.07) is 2.54. The molecule has 0 unspecified atom stereocenters. The van der Waals surface area contributed by atoms with Crippen LogP contribution < -0.4 is 5.32 Å². The molecule has 0 amide bonds. The average Bonchev–Trinajstić information content (AvgIpc) is 2.35. The van der Waals surface area contributed by atoms with Gasteiger partial charge in [-0.2, -0.15) is 0 Å². The van der Waals surface area contributed by atoms with Crippen molar-refractivity contribution in [1.82, 2.24) is 9.88 Å². The Balaban J connectivity index is 1.91. The standard InChI is InChI=1S/C12H17BrClN3/c1-2-17-5-3-9(4-6-17)16-10-7-11(13)12(14)15-8-10/h7-9,16H,2-6H2,1H3. The molecule has 0 saturated carbocycles. The summed E-state index contributed by atoms with van der Waals surface area (Å²) < 4.78 is 0.843. The topological polar surface area (TPSA) is 28.2 Å². The minimum absolute atomic E-state index is 0.511. The van der Waals surface area contributed by atoms with Crippen LogP contribution in [0.3, 0.4) is 0 Å². The number of aromatic nitrogens is 1. The molecule has 1 aromatic heterocycles. The lowest BCUT2D eigenvalue weighted by Crippen LogP contribution is -2.38. The SMILES string of the molecule is CCN1CCC(Nc2cnc(Cl)c(Br)c2)CC1. The van der Waals surface area contributed by atoms with E-state index in [1.165, 1.54) is 25.9 Å². The van der Waals surface area contributed by atoms with Crippen molar-refractivity contribution in [1.29, 1.82) is 0 Å². The first-order chi connectivity index (χ1) is 8.19. The van der Waals surface area contributed by atoms with Gasteiger partial charge in [-0.15, -0.1) is 0 Å². The number of anilines is 1. The predicted octanol–water partition coefficient (Wildman–Crippen LogP) is 3.39. The second kappa shape index (κ2) is 6.03. The maximum Gasteiger partial charge on any atom is 0.143 e. The lowest BCUT2D eigenvalue weighted by molar-refractivity contribution is 0.229. The highest BCUT2D eigenvalue weighted by Crippen LogP contribution is 2.24. The summed E-state index contributed by atoms with van der Waals surface area (Å²) in [7, 11) is 0. The number of nitrogens with one attached hydrogen (secondary N) is 1. The van der Waals surface area contributed by atoms with E-state index < -0.39 is 0 Å². The molecule has 1 aliphatic rings. The van der Waals surface area contributed by atoms with Gasteiger partial charge in [-0.25, -0.2) is 4.98 Å². The summed E-state index contributed by atoms with van der Waals surface area (Å²) in [5.74, 6) is 0. The Labute approximate surface area is 116 Å². The van der Waals surface area contributed by atoms with E-state index in [0.717, 1.165) is 16.7 Å². The van der Waals surface area contributed by atoms with Crippen LogP contribution in [0.25, 0.3) is 0 Å². The van der Waals surface area contributed by atoms with Crippen LogP contribution in [-0.4, -0.2) is 35.6 Å². The fourth-order valence-corrected chi connectivity index (χ4v) is 2.58. The number of hydrogen-bond acceptors (Lipinski definition) is 3. The largest absolute Gasteiger partial charge is 0.381 e. The number of hydrogen-bond donors (Lipinski definition) is 1. The summed E-state index contributed by atoms with van der Waals surface area (Å²) >= 11 is 9.26. The molecular formula is C12H17BrClN3. The molecule has 2 rings (SSSR count). The molecule has 2 heterocycles. The molecule has 0 spiro atoms. The molecule has 0 bridgehead atoms.